The van der Waals surface area contributed by atoms with E-state index in [4.69, 9.17) is 14.6 Å². The number of methoxy groups -OCH3 is 2. The predicted octanol–water partition coefficient (Wildman–Crippen LogP) is 5.17. The molecule has 0 saturated heterocycles. The lowest BCUT2D eigenvalue weighted by molar-refractivity contribution is 0.0954. The fourth-order valence-electron chi connectivity index (χ4n) is 4.07. The zero-order chi connectivity index (χ0) is 27.0. The molecule has 0 spiro atoms. The Hall–Kier alpha value is -5.24. The van der Waals surface area contributed by atoms with E-state index in [1.54, 1.807) is 38.8 Å². The van der Waals surface area contributed by atoms with Crippen LogP contribution in [-0.2, 0) is 0 Å². The van der Waals surface area contributed by atoms with Gasteiger partial charge in [0.05, 0.1) is 43.9 Å². The molecule has 1 aliphatic heterocycles. The standard InChI is InChI=1S/C31H27N5O3/c1-38-28-13-7-22(8-14-28)18-26-21-36(35-30(26)24-9-15-29(39-2)16-10-24)27-11-5-23(6-12-27)19-33-34-31(37)25-4-3-17-32-20-25/h3-20H,21H2,1-2H3,(H,34,37)/b26-18+,33-19+. The summed E-state index contributed by atoms with van der Waals surface area (Å²) in [4.78, 5) is 16.1. The largest absolute Gasteiger partial charge is 0.497 e. The SMILES string of the molecule is COc1ccc(/C=C2\CN(c3ccc(/C=N/NC(=O)c4cccnc4)cc3)N=C2c2ccc(OC)cc2)cc1. The highest BCUT2D eigenvalue weighted by Crippen LogP contribution is 2.28. The van der Waals surface area contributed by atoms with Crippen molar-refractivity contribution in [2.75, 3.05) is 25.8 Å². The molecule has 0 atom stereocenters. The van der Waals surface area contributed by atoms with Gasteiger partial charge in [0.1, 0.15) is 11.5 Å². The van der Waals surface area contributed by atoms with E-state index in [0.717, 1.165) is 45.2 Å². The number of rotatable bonds is 8. The summed E-state index contributed by atoms with van der Waals surface area (Å²) in [6.45, 7) is 0.613. The van der Waals surface area contributed by atoms with Gasteiger partial charge in [0.15, 0.2) is 0 Å². The van der Waals surface area contributed by atoms with Crippen molar-refractivity contribution in [3.8, 4) is 11.5 Å². The molecule has 0 bridgehead atoms. The quantitative estimate of drug-likeness (QED) is 0.257. The van der Waals surface area contributed by atoms with Gasteiger partial charge in [-0.05, 0) is 77.9 Å². The zero-order valence-electron chi connectivity index (χ0n) is 21.6. The molecule has 0 saturated carbocycles. The Kier molecular flexibility index (Phi) is 7.73. The van der Waals surface area contributed by atoms with Crippen LogP contribution in [0.15, 0.2) is 113 Å². The summed E-state index contributed by atoms with van der Waals surface area (Å²) < 4.78 is 10.6. The number of ether oxygens (including phenoxy) is 2. The number of nitrogens with zero attached hydrogens (tertiary/aromatic N) is 4. The number of amides is 1. The van der Waals surface area contributed by atoms with Crippen molar-refractivity contribution in [3.63, 3.8) is 0 Å². The Morgan fingerprint density at radius 2 is 1.56 bits per heavy atom. The molecular weight excluding hydrogens is 490 g/mol. The van der Waals surface area contributed by atoms with E-state index in [0.29, 0.717) is 12.1 Å². The maximum atomic E-state index is 12.1. The third-order valence-corrected chi connectivity index (χ3v) is 6.16. The third-order valence-electron chi connectivity index (χ3n) is 6.16. The number of pyridine rings is 1. The number of carbonyl (C=O) groups excluding carboxylic acids is 1. The van der Waals surface area contributed by atoms with Crippen molar-refractivity contribution in [1.29, 1.82) is 0 Å². The molecule has 4 aromatic rings. The molecule has 1 N–H and O–H groups in total. The molecule has 8 heteroatoms. The number of hydrazone groups is 2. The van der Waals surface area contributed by atoms with Crippen molar-refractivity contribution in [2.24, 2.45) is 10.2 Å². The zero-order valence-corrected chi connectivity index (χ0v) is 21.6. The van der Waals surface area contributed by atoms with E-state index >= 15 is 0 Å². The third kappa shape index (κ3) is 6.19. The van der Waals surface area contributed by atoms with Gasteiger partial charge in [-0.3, -0.25) is 14.8 Å². The first-order valence-corrected chi connectivity index (χ1v) is 12.3. The van der Waals surface area contributed by atoms with Gasteiger partial charge in [-0.15, -0.1) is 0 Å². The lowest BCUT2D eigenvalue weighted by atomic mass is 10.0. The highest BCUT2D eigenvalue weighted by atomic mass is 16.5. The number of benzene rings is 3. The average molecular weight is 518 g/mol. The van der Waals surface area contributed by atoms with Gasteiger partial charge in [-0.2, -0.15) is 10.2 Å². The molecule has 2 heterocycles. The normalized spacial score (nSPS) is 13.9. The van der Waals surface area contributed by atoms with Crippen molar-refractivity contribution in [3.05, 3.63) is 125 Å². The monoisotopic (exact) mass is 517 g/mol. The minimum Gasteiger partial charge on any atom is -0.497 e. The summed E-state index contributed by atoms with van der Waals surface area (Å²) >= 11 is 0. The van der Waals surface area contributed by atoms with Crippen molar-refractivity contribution >= 4 is 29.6 Å². The Labute approximate surface area is 226 Å². The molecule has 1 aromatic heterocycles. The summed E-state index contributed by atoms with van der Waals surface area (Å²) in [5.74, 6) is 1.29. The molecule has 39 heavy (non-hydrogen) atoms. The first-order valence-electron chi connectivity index (χ1n) is 12.3. The van der Waals surface area contributed by atoms with Crippen LogP contribution in [0.2, 0.25) is 0 Å². The second-order valence-electron chi connectivity index (χ2n) is 8.71. The molecule has 0 fully saturated rings. The van der Waals surface area contributed by atoms with Crippen molar-refractivity contribution < 1.29 is 14.3 Å². The highest BCUT2D eigenvalue weighted by molar-refractivity contribution is 6.17. The van der Waals surface area contributed by atoms with Gasteiger partial charge in [-0.1, -0.05) is 24.3 Å². The summed E-state index contributed by atoms with van der Waals surface area (Å²) in [5, 5.41) is 11.0. The molecule has 194 valence electrons. The molecule has 3 aromatic carbocycles. The van der Waals surface area contributed by atoms with Crippen LogP contribution in [0.25, 0.3) is 6.08 Å². The number of anilines is 1. The van der Waals surface area contributed by atoms with E-state index in [9.17, 15) is 4.79 Å². The predicted molar refractivity (Wildman–Crippen MR) is 154 cm³/mol. The fourth-order valence-corrected chi connectivity index (χ4v) is 4.07. The van der Waals surface area contributed by atoms with E-state index in [-0.39, 0.29) is 5.91 Å². The molecule has 1 amide bonds. The lowest BCUT2D eigenvalue weighted by Crippen LogP contribution is -2.17. The van der Waals surface area contributed by atoms with Gasteiger partial charge < -0.3 is 9.47 Å². The Morgan fingerprint density at radius 1 is 0.897 bits per heavy atom. The molecule has 0 radical (unpaired) electrons. The average Bonchev–Trinajstić information content (AvgIpc) is 3.42. The van der Waals surface area contributed by atoms with Crippen LogP contribution < -0.4 is 19.9 Å². The van der Waals surface area contributed by atoms with Crippen LogP contribution in [0.5, 0.6) is 11.5 Å². The van der Waals surface area contributed by atoms with Crippen LogP contribution in [0, 0.1) is 0 Å². The number of hydrogen-bond donors (Lipinski definition) is 1. The maximum absolute atomic E-state index is 12.1. The molecule has 0 unspecified atom stereocenters. The summed E-state index contributed by atoms with van der Waals surface area (Å²) in [5.41, 5.74) is 8.81. The second-order valence-corrected chi connectivity index (χ2v) is 8.71. The Morgan fingerprint density at radius 3 is 2.21 bits per heavy atom. The molecule has 1 aliphatic rings. The van der Waals surface area contributed by atoms with Crippen LogP contribution >= 0.6 is 0 Å². The van der Waals surface area contributed by atoms with Gasteiger partial charge in [-0.25, -0.2) is 5.43 Å². The molecule has 5 rings (SSSR count). The second kappa shape index (κ2) is 11.9. The summed E-state index contributed by atoms with van der Waals surface area (Å²) in [6.07, 6.45) is 6.86. The summed E-state index contributed by atoms with van der Waals surface area (Å²) in [7, 11) is 3.31. The number of aromatic nitrogens is 1. The van der Waals surface area contributed by atoms with E-state index < -0.39 is 0 Å². The first-order chi connectivity index (χ1) is 19.1. The smallest absolute Gasteiger partial charge is 0.272 e. The van der Waals surface area contributed by atoms with Crippen LogP contribution in [0.1, 0.15) is 27.0 Å². The van der Waals surface area contributed by atoms with Gasteiger partial charge in [0.25, 0.3) is 5.91 Å². The number of carbonyl (C=O) groups is 1. The van der Waals surface area contributed by atoms with Crippen LogP contribution in [-0.4, -0.2) is 43.6 Å². The lowest BCUT2D eigenvalue weighted by Gasteiger charge is -2.13. The fraction of sp³-hybridized carbons (Fsp3) is 0.0968. The van der Waals surface area contributed by atoms with E-state index in [1.807, 2.05) is 77.8 Å². The topological polar surface area (TPSA) is 88.4 Å². The number of hydrogen-bond acceptors (Lipinski definition) is 7. The van der Waals surface area contributed by atoms with E-state index in [1.165, 1.54) is 6.20 Å². The highest BCUT2D eigenvalue weighted by Gasteiger charge is 2.23. The maximum Gasteiger partial charge on any atom is 0.272 e. The Bertz CT molecular complexity index is 1510. The number of nitrogens with one attached hydrogen (secondary N) is 1. The molecular formula is C31H27N5O3. The minimum atomic E-state index is -0.315. The summed E-state index contributed by atoms with van der Waals surface area (Å²) in [6, 6.07) is 27.1. The van der Waals surface area contributed by atoms with Crippen molar-refractivity contribution in [1.82, 2.24) is 10.4 Å². The minimum absolute atomic E-state index is 0.315. The molecule has 8 nitrogen and oxygen atoms in total. The van der Waals surface area contributed by atoms with Gasteiger partial charge >= 0.3 is 0 Å². The van der Waals surface area contributed by atoms with Crippen LogP contribution in [0.3, 0.4) is 0 Å². The first kappa shape index (κ1) is 25.4. The van der Waals surface area contributed by atoms with E-state index in [2.05, 4.69) is 21.6 Å². The van der Waals surface area contributed by atoms with Gasteiger partial charge in [0.2, 0.25) is 0 Å². The van der Waals surface area contributed by atoms with Gasteiger partial charge in [0, 0.05) is 23.5 Å². The Balaban J connectivity index is 1.35. The van der Waals surface area contributed by atoms with Crippen LogP contribution in [0.4, 0.5) is 5.69 Å². The molecule has 0 aliphatic carbocycles. The van der Waals surface area contributed by atoms with Crippen molar-refractivity contribution in [2.45, 2.75) is 0 Å².